The van der Waals surface area contributed by atoms with E-state index in [9.17, 15) is 4.79 Å². The highest BCUT2D eigenvalue weighted by molar-refractivity contribution is 7.98. The summed E-state index contributed by atoms with van der Waals surface area (Å²) in [5.41, 5.74) is 5.36. The number of aromatic nitrogens is 1. The molecule has 1 amide bonds. The van der Waals surface area contributed by atoms with E-state index in [0.717, 1.165) is 27.7 Å². The smallest absolute Gasteiger partial charge is 0.231 e. The number of rotatable bonds is 7. The van der Waals surface area contributed by atoms with Crippen LogP contribution in [0.25, 0.3) is 11.1 Å². The van der Waals surface area contributed by atoms with Crippen LogP contribution < -0.4 is 5.32 Å². The third-order valence-electron chi connectivity index (χ3n) is 4.68. The predicted octanol–water partition coefficient (Wildman–Crippen LogP) is 6.59. The normalized spacial score (nSPS) is 10.7. The molecule has 0 spiro atoms. The van der Waals surface area contributed by atoms with E-state index in [4.69, 9.17) is 0 Å². The van der Waals surface area contributed by atoms with Crippen molar-refractivity contribution in [2.45, 2.75) is 24.0 Å². The lowest BCUT2D eigenvalue weighted by atomic mass is 10.1. The van der Waals surface area contributed by atoms with Gasteiger partial charge in [0.15, 0.2) is 0 Å². The van der Waals surface area contributed by atoms with Gasteiger partial charge in [0.25, 0.3) is 0 Å². The number of nitrogens with zero attached hydrogens (tertiary/aromatic N) is 1. The van der Waals surface area contributed by atoms with Crippen LogP contribution in [0, 0.1) is 6.92 Å². The Kier molecular flexibility index (Phi) is 6.62. The van der Waals surface area contributed by atoms with Crippen molar-refractivity contribution in [3.05, 3.63) is 101 Å². The van der Waals surface area contributed by atoms with E-state index < -0.39 is 0 Å². The Bertz CT molecular complexity index is 1120. The fourth-order valence-electron chi connectivity index (χ4n) is 3.07. The van der Waals surface area contributed by atoms with Crippen LogP contribution in [0.15, 0.2) is 89.1 Å². The fraction of sp³-hybridized carbons (Fsp3) is 0.120. The molecule has 0 bridgehead atoms. The molecular formula is C25H22N2OS2. The number of carbonyl (C=O) groups excluding carboxylic acids is 1. The molecule has 0 saturated carbocycles. The Morgan fingerprint density at radius 2 is 1.63 bits per heavy atom. The first-order valence-corrected chi connectivity index (χ1v) is 11.6. The summed E-state index contributed by atoms with van der Waals surface area (Å²) >= 11 is 3.30. The van der Waals surface area contributed by atoms with Crippen molar-refractivity contribution in [2.75, 3.05) is 5.32 Å². The monoisotopic (exact) mass is 430 g/mol. The van der Waals surface area contributed by atoms with Crippen molar-refractivity contribution in [1.29, 1.82) is 0 Å². The summed E-state index contributed by atoms with van der Waals surface area (Å²) in [6.07, 6.45) is 0.301. The Balaban J connectivity index is 1.30. The average Bonchev–Trinajstić information content (AvgIpc) is 3.22. The highest BCUT2D eigenvalue weighted by atomic mass is 32.2. The van der Waals surface area contributed by atoms with Crippen LogP contribution in [0.1, 0.15) is 16.3 Å². The molecule has 0 radical (unpaired) electrons. The molecule has 1 N–H and O–H groups in total. The van der Waals surface area contributed by atoms with Gasteiger partial charge in [0.2, 0.25) is 5.91 Å². The van der Waals surface area contributed by atoms with E-state index in [2.05, 4.69) is 58.8 Å². The maximum atomic E-state index is 12.3. The largest absolute Gasteiger partial charge is 0.325 e. The third-order valence-corrected chi connectivity index (χ3v) is 6.62. The highest BCUT2D eigenvalue weighted by Gasteiger charge is 2.10. The first kappa shape index (κ1) is 20.4. The molecule has 0 aliphatic carbocycles. The molecule has 1 heterocycles. The van der Waals surface area contributed by atoms with Crippen molar-refractivity contribution in [3.8, 4) is 11.1 Å². The molecule has 0 aliphatic heterocycles. The van der Waals surface area contributed by atoms with Crippen molar-refractivity contribution < 1.29 is 4.79 Å². The minimum Gasteiger partial charge on any atom is -0.325 e. The van der Waals surface area contributed by atoms with Crippen molar-refractivity contribution >= 4 is 34.7 Å². The van der Waals surface area contributed by atoms with Gasteiger partial charge < -0.3 is 5.32 Å². The van der Waals surface area contributed by atoms with E-state index in [0.29, 0.717) is 6.42 Å². The van der Waals surface area contributed by atoms with Crippen molar-refractivity contribution in [2.24, 2.45) is 0 Å². The molecular weight excluding hydrogens is 408 g/mol. The lowest BCUT2D eigenvalue weighted by molar-refractivity contribution is -0.115. The van der Waals surface area contributed by atoms with Gasteiger partial charge in [-0.1, -0.05) is 60.7 Å². The fourth-order valence-corrected chi connectivity index (χ4v) is 4.76. The van der Waals surface area contributed by atoms with Crippen LogP contribution in [-0.2, 0) is 17.0 Å². The molecule has 0 unspecified atom stereocenters. The van der Waals surface area contributed by atoms with Gasteiger partial charge in [0.1, 0.15) is 5.01 Å². The molecule has 0 saturated heterocycles. The van der Waals surface area contributed by atoms with Crippen LogP contribution >= 0.6 is 23.1 Å². The molecule has 5 heteroatoms. The van der Waals surface area contributed by atoms with Crippen LogP contribution in [-0.4, -0.2) is 10.9 Å². The first-order chi connectivity index (χ1) is 14.7. The Morgan fingerprint density at radius 1 is 0.933 bits per heavy atom. The number of thioether (sulfide) groups is 1. The van der Waals surface area contributed by atoms with Crippen LogP contribution in [0.5, 0.6) is 0 Å². The van der Waals surface area contributed by atoms with Gasteiger partial charge in [0.05, 0.1) is 12.1 Å². The number of benzene rings is 3. The predicted molar refractivity (Wildman–Crippen MR) is 127 cm³/mol. The van der Waals surface area contributed by atoms with Gasteiger partial charge in [-0.2, -0.15) is 0 Å². The Morgan fingerprint density at radius 3 is 2.40 bits per heavy atom. The maximum Gasteiger partial charge on any atom is 0.231 e. The lowest BCUT2D eigenvalue weighted by Crippen LogP contribution is -2.15. The zero-order valence-corrected chi connectivity index (χ0v) is 18.3. The summed E-state index contributed by atoms with van der Waals surface area (Å²) < 4.78 is 0. The van der Waals surface area contributed by atoms with Crippen LogP contribution in [0.4, 0.5) is 5.69 Å². The quantitative estimate of drug-likeness (QED) is 0.336. The molecule has 4 rings (SSSR count). The van der Waals surface area contributed by atoms with Gasteiger partial charge >= 0.3 is 0 Å². The van der Waals surface area contributed by atoms with Gasteiger partial charge in [-0.15, -0.1) is 23.1 Å². The third kappa shape index (κ3) is 5.38. The first-order valence-electron chi connectivity index (χ1n) is 9.74. The second-order valence-corrected chi connectivity index (χ2v) is 8.94. The molecule has 3 aromatic carbocycles. The second-order valence-electron chi connectivity index (χ2n) is 6.95. The van der Waals surface area contributed by atoms with E-state index in [1.54, 1.807) is 23.1 Å². The standard InChI is InChI=1S/C25H22N2OS2/c1-18-7-5-6-10-23(18)27-24(28)15-25-26-21(17-30-25)16-29-22-13-11-20(12-14-22)19-8-3-2-4-9-19/h2-14,17H,15-16H2,1H3,(H,27,28). The number of para-hydroxylation sites is 1. The van der Waals surface area contributed by atoms with Gasteiger partial charge in [0, 0.05) is 21.7 Å². The summed E-state index contributed by atoms with van der Waals surface area (Å²) in [6.45, 7) is 1.99. The van der Waals surface area contributed by atoms with Crippen LogP contribution in [0.2, 0.25) is 0 Å². The number of nitrogens with one attached hydrogen (secondary N) is 1. The van der Waals surface area contributed by atoms with Crippen LogP contribution in [0.3, 0.4) is 0 Å². The summed E-state index contributed by atoms with van der Waals surface area (Å²) in [5, 5.41) is 5.85. The number of amides is 1. The van der Waals surface area contributed by atoms with Gasteiger partial charge in [-0.3, -0.25) is 4.79 Å². The van der Waals surface area contributed by atoms with E-state index >= 15 is 0 Å². The minimum absolute atomic E-state index is 0.0330. The lowest BCUT2D eigenvalue weighted by Gasteiger charge is -2.06. The number of thiazole rings is 1. The van der Waals surface area contributed by atoms with E-state index in [1.807, 2.05) is 42.6 Å². The molecule has 1 aromatic heterocycles. The number of hydrogen-bond donors (Lipinski definition) is 1. The zero-order chi connectivity index (χ0) is 20.8. The second kappa shape index (κ2) is 9.74. The number of carbonyl (C=O) groups is 1. The number of anilines is 1. The van der Waals surface area contributed by atoms with Gasteiger partial charge in [-0.05, 0) is 41.8 Å². The van der Waals surface area contributed by atoms with Gasteiger partial charge in [-0.25, -0.2) is 4.98 Å². The van der Waals surface area contributed by atoms with E-state index in [1.165, 1.54) is 16.0 Å². The number of aryl methyl sites for hydroxylation is 1. The average molecular weight is 431 g/mol. The van der Waals surface area contributed by atoms with Crippen molar-refractivity contribution in [3.63, 3.8) is 0 Å². The molecule has 150 valence electrons. The summed E-state index contributed by atoms with van der Waals surface area (Å²) in [7, 11) is 0. The molecule has 3 nitrogen and oxygen atoms in total. The highest BCUT2D eigenvalue weighted by Crippen LogP contribution is 2.27. The molecule has 0 aliphatic rings. The maximum absolute atomic E-state index is 12.3. The number of hydrogen-bond acceptors (Lipinski definition) is 4. The SMILES string of the molecule is Cc1ccccc1NC(=O)Cc1nc(CSc2ccc(-c3ccccc3)cc2)cs1. The summed E-state index contributed by atoms with van der Waals surface area (Å²) in [6, 6.07) is 26.8. The van der Waals surface area contributed by atoms with Crippen molar-refractivity contribution in [1.82, 2.24) is 4.98 Å². The Labute approximate surface area is 185 Å². The molecule has 0 atom stereocenters. The minimum atomic E-state index is -0.0330. The Hall–Kier alpha value is -2.89. The molecule has 0 fully saturated rings. The summed E-state index contributed by atoms with van der Waals surface area (Å²) in [5.74, 6) is 0.759. The molecule has 30 heavy (non-hydrogen) atoms. The summed E-state index contributed by atoms with van der Waals surface area (Å²) in [4.78, 5) is 18.2. The molecule has 4 aromatic rings. The van der Waals surface area contributed by atoms with E-state index in [-0.39, 0.29) is 5.91 Å². The zero-order valence-electron chi connectivity index (χ0n) is 16.7. The topological polar surface area (TPSA) is 42.0 Å².